The normalized spacial score (nSPS) is 20.3. The Labute approximate surface area is 176 Å². The van der Waals surface area contributed by atoms with Crippen LogP contribution in [0.5, 0.6) is 11.5 Å². The van der Waals surface area contributed by atoms with Crippen molar-refractivity contribution in [2.45, 2.75) is 59.1 Å². The third kappa shape index (κ3) is 6.26. The molecule has 6 heteroatoms. The first-order chi connectivity index (χ1) is 14.1. The quantitative estimate of drug-likeness (QED) is 0.517. The van der Waals surface area contributed by atoms with Gasteiger partial charge in [0.1, 0.15) is 17.6 Å². The first-order valence-corrected chi connectivity index (χ1v) is 11.2. The van der Waals surface area contributed by atoms with Gasteiger partial charge in [-0.25, -0.2) is 4.99 Å². The van der Waals surface area contributed by atoms with E-state index in [1.54, 1.807) is 0 Å². The van der Waals surface area contributed by atoms with Crippen molar-refractivity contribution in [2.75, 3.05) is 39.8 Å². The molecule has 0 aliphatic carbocycles. The van der Waals surface area contributed by atoms with Crippen molar-refractivity contribution in [3.8, 4) is 11.5 Å². The Morgan fingerprint density at radius 1 is 1.24 bits per heavy atom. The number of likely N-dealkylation sites (tertiary alicyclic amines) is 1. The smallest absolute Gasteiger partial charge is 0.191 e. The number of nitrogens with one attached hydrogen (secondary N) is 2. The van der Waals surface area contributed by atoms with Crippen LogP contribution < -0.4 is 20.1 Å². The molecule has 29 heavy (non-hydrogen) atoms. The number of piperidine rings is 1. The lowest BCUT2D eigenvalue weighted by atomic mass is 9.94. The Balaban J connectivity index is 1.59. The summed E-state index contributed by atoms with van der Waals surface area (Å²) in [6, 6.07) is 4.24. The van der Waals surface area contributed by atoms with Gasteiger partial charge >= 0.3 is 0 Å². The van der Waals surface area contributed by atoms with Gasteiger partial charge in [0.2, 0.25) is 0 Å². The molecule has 0 bridgehead atoms. The molecular formula is C23H38N4O2. The van der Waals surface area contributed by atoms with Gasteiger partial charge in [-0.05, 0) is 78.2 Å². The van der Waals surface area contributed by atoms with Gasteiger partial charge in [-0.1, -0.05) is 0 Å². The molecule has 1 unspecified atom stereocenters. The number of hydrogen-bond donors (Lipinski definition) is 2. The van der Waals surface area contributed by atoms with Gasteiger partial charge in [0.25, 0.3) is 0 Å². The van der Waals surface area contributed by atoms with Crippen LogP contribution in [0.15, 0.2) is 17.1 Å². The van der Waals surface area contributed by atoms with Gasteiger partial charge in [0, 0.05) is 30.6 Å². The Kier molecular flexibility index (Phi) is 8.04. The molecule has 3 rings (SSSR count). The maximum Gasteiger partial charge on any atom is 0.191 e. The second kappa shape index (κ2) is 10.7. The Morgan fingerprint density at radius 3 is 2.76 bits per heavy atom. The molecule has 1 aromatic rings. The van der Waals surface area contributed by atoms with E-state index < -0.39 is 0 Å². The van der Waals surface area contributed by atoms with Crippen molar-refractivity contribution in [1.29, 1.82) is 0 Å². The second-order valence-corrected chi connectivity index (χ2v) is 8.29. The van der Waals surface area contributed by atoms with Crippen LogP contribution in [0.4, 0.5) is 0 Å². The monoisotopic (exact) mass is 402 g/mol. The summed E-state index contributed by atoms with van der Waals surface area (Å²) < 4.78 is 11.8. The highest BCUT2D eigenvalue weighted by molar-refractivity contribution is 5.79. The summed E-state index contributed by atoms with van der Waals surface area (Å²) in [6.07, 6.45) is 4.98. The largest absolute Gasteiger partial charge is 0.494 e. The van der Waals surface area contributed by atoms with Crippen LogP contribution in [-0.2, 0) is 13.0 Å². The van der Waals surface area contributed by atoms with Crippen LogP contribution in [0.1, 0.15) is 51.2 Å². The lowest BCUT2D eigenvalue weighted by molar-refractivity contribution is 0.213. The van der Waals surface area contributed by atoms with E-state index in [2.05, 4.69) is 48.6 Å². The van der Waals surface area contributed by atoms with Crippen molar-refractivity contribution >= 4 is 5.96 Å². The summed E-state index contributed by atoms with van der Waals surface area (Å²) >= 11 is 0. The van der Waals surface area contributed by atoms with E-state index in [9.17, 15) is 0 Å². The summed E-state index contributed by atoms with van der Waals surface area (Å²) in [7, 11) is 2.21. The third-order valence-electron chi connectivity index (χ3n) is 5.81. The number of aliphatic imine (C=N–C) groups is 1. The summed E-state index contributed by atoms with van der Waals surface area (Å²) in [5, 5.41) is 6.88. The second-order valence-electron chi connectivity index (χ2n) is 8.29. The number of fused-ring (bicyclic) bond motifs is 1. The average Bonchev–Trinajstić information content (AvgIpc) is 3.06. The first-order valence-electron chi connectivity index (χ1n) is 11.2. The highest BCUT2D eigenvalue weighted by Gasteiger charge is 2.22. The van der Waals surface area contributed by atoms with Crippen LogP contribution in [0.3, 0.4) is 0 Å². The van der Waals surface area contributed by atoms with Crippen molar-refractivity contribution in [1.82, 2.24) is 15.5 Å². The van der Waals surface area contributed by atoms with Crippen molar-refractivity contribution < 1.29 is 9.47 Å². The summed E-state index contributed by atoms with van der Waals surface area (Å²) in [5.74, 6) is 3.60. The zero-order chi connectivity index (χ0) is 20.6. The van der Waals surface area contributed by atoms with E-state index in [1.165, 1.54) is 37.9 Å². The minimum absolute atomic E-state index is 0.233. The molecule has 1 fully saturated rings. The van der Waals surface area contributed by atoms with Crippen molar-refractivity contribution in [2.24, 2.45) is 10.9 Å². The van der Waals surface area contributed by atoms with Crippen LogP contribution in [0.25, 0.3) is 0 Å². The predicted molar refractivity (Wildman–Crippen MR) is 119 cm³/mol. The number of benzene rings is 1. The Morgan fingerprint density at radius 2 is 2.03 bits per heavy atom. The molecular weight excluding hydrogens is 364 g/mol. The summed E-state index contributed by atoms with van der Waals surface area (Å²) in [5.41, 5.74) is 2.31. The molecule has 1 aromatic carbocycles. The van der Waals surface area contributed by atoms with E-state index in [1.807, 2.05) is 6.92 Å². The SMILES string of the molecule is CCNC(=NCc1cc2c(cc1OCC)CC(C)O2)NCCC1CCN(C)CC1. The minimum Gasteiger partial charge on any atom is -0.494 e. The fourth-order valence-corrected chi connectivity index (χ4v) is 4.15. The number of nitrogens with zero attached hydrogens (tertiary/aromatic N) is 2. The van der Waals surface area contributed by atoms with Crippen molar-refractivity contribution in [3.63, 3.8) is 0 Å². The Bertz CT molecular complexity index is 684. The van der Waals surface area contributed by atoms with Gasteiger partial charge in [0.05, 0.1) is 13.2 Å². The van der Waals surface area contributed by atoms with E-state index in [-0.39, 0.29) is 6.10 Å². The molecule has 0 aromatic heterocycles. The molecule has 0 saturated carbocycles. The van der Waals surface area contributed by atoms with Gasteiger partial charge < -0.3 is 25.0 Å². The van der Waals surface area contributed by atoms with Crippen molar-refractivity contribution in [3.05, 3.63) is 23.3 Å². The zero-order valence-corrected chi connectivity index (χ0v) is 18.6. The molecule has 2 aliphatic rings. The first kappa shape index (κ1) is 21.8. The standard InChI is InChI=1S/C23H38N4O2/c1-5-24-23(25-10-7-18-8-11-27(4)12-9-18)26-16-20-15-22-19(13-17(3)29-22)14-21(20)28-6-2/h14-15,17-18H,5-13,16H2,1-4H3,(H2,24,25,26). The molecule has 1 atom stereocenters. The van der Waals surface area contributed by atoms with E-state index in [4.69, 9.17) is 14.5 Å². The number of ether oxygens (including phenoxy) is 2. The molecule has 2 N–H and O–H groups in total. The van der Waals surface area contributed by atoms with Crippen LogP contribution in [0, 0.1) is 5.92 Å². The number of guanidine groups is 1. The van der Waals surface area contributed by atoms with Gasteiger partial charge in [-0.15, -0.1) is 0 Å². The average molecular weight is 403 g/mol. The van der Waals surface area contributed by atoms with Crippen LogP contribution in [0.2, 0.25) is 0 Å². The van der Waals surface area contributed by atoms with Crippen LogP contribution in [-0.4, -0.2) is 56.8 Å². The highest BCUT2D eigenvalue weighted by atomic mass is 16.5. The van der Waals surface area contributed by atoms with E-state index >= 15 is 0 Å². The lowest BCUT2D eigenvalue weighted by Crippen LogP contribution is -2.39. The van der Waals surface area contributed by atoms with Gasteiger partial charge in [0.15, 0.2) is 5.96 Å². The molecule has 0 amide bonds. The minimum atomic E-state index is 0.233. The molecule has 2 heterocycles. The summed E-state index contributed by atoms with van der Waals surface area (Å²) in [6.45, 7) is 11.7. The van der Waals surface area contributed by atoms with E-state index in [0.717, 1.165) is 48.5 Å². The fraction of sp³-hybridized carbons (Fsp3) is 0.696. The molecule has 2 aliphatic heterocycles. The molecule has 1 saturated heterocycles. The fourth-order valence-electron chi connectivity index (χ4n) is 4.15. The molecule has 162 valence electrons. The number of hydrogen-bond acceptors (Lipinski definition) is 4. The maximum absolute atomic E-state index is 5.94. The molecule has 0 radical (unpaired) electrons. The maximum atomic E-state index is 5.94. The number of rotatable bonds is 8. The highest BCUT2D eigenvalue weighted by Crippen LogP contribution is 2.35. The van der Waals surface area contributed by atoms with Gasteiger partial charge in [-0.2, -0.15) is 0 Å². The van der Waals surface area contributed by atoms with E-state index in [0.29, 0.717) is 13.2 Å². The molecule has 6 nitrogen and oxygen atoms in total. The topological polar surface area (TPSA) is 58.1 Å². The predicted octanol–water partition coefficient (Wildman–Crippen LogP) is 3.20. The van der Waals surface area contributed by atoms with Crippen LogP contribution >= 0.6 is 0 Å². The molecule has 0 spiro atoms. The summed E-state index contributed by atoms with van der Waals surface area (Å²) in [4.78, 5) is 7.24. The lowest BCUT2D eigenvalue weighted by Gasteiger charge is -2.29. The van der Waals surface area contributed by atoms with Gasteiger partial charge in [-0.3, -0.25) is 0 Å². The third-order valence-corrected chi connectivity index (χ3v) is 5.81. The Hall–Kier alpha value is -1.95. The zero-order valence-electron chi connectivity index (χ0n) is 18.6.